The van der Waals surface area contributed by atoms with E-state index in [4.69, 9.17) is 15.2 Å². The lowest BCUT2D eigenvalue weighted by Gasteiger charge is -2.31. The van der Waals surface area contributed by atoms with E-state index in [2.05, 4.69) is 0 Å². The highest BCUT2D eigenvalue weighted by Gasteiger charge is 2.28. The lowest BCUT2D eigenvalue weighted by molar-refractivity contribution is -0.135. The molecule has 0 aromatic rings. The third kappa shape index (κ3) is 2.69. The summed E-state index contributed by atoms with van der Waals surface area (Å²) in [4.78, 5) is 24.6. The largest absolute Gasteiger partial charge is 0.494 e. The first kappa shape index (κ1) is 11.8. The Labute approximate surface area is 99.3 Å². The van der Waals surface area contributed by atoms with Gasteiger partial charge in [0.15, 0.2) is 0 Å². The van der Waals surface area contributed by atoms with E-state index in [1.165, 1.54) is 6.26 Å². The molecule has 0 atom stereocenters. The van der Waals surface area contributed by atoms with E-state index in [1.54, 1.807) is 4.90 Å². The molecule has 94 valence electrons. The first-order valence-corrected chi connectivity index (χ1v) is 5.71. The van der Waals surface area contributed by atoms with Crippen LogP contribution in [0, 0.1) is 5.92 Å². The lowest BCUT2D eigenvalue weighted by atomic mass is 9.96. The number of hydrogen-bond acceptors (Lipinski definition) is 4. The molecule has 2 N–H and O–H groups in total. The van der Waals surface area contributed by atoms with Gasteiger partial charge in [0.25, 0.3) is 5.91 Å². The van der Waals surface area contributed by atoms with E-state index in [9.17, 15) is 9.59 Å². The van der Waals surface area contributed by atoms with Gasteiger partial charge in [0.05, 0.1) is 0 Å². The maximum Gasteiger partial charge on any atom is 0.292 e. The molecule has 2 aliphatic rings. The maximum absolute atomic E-state index is 12.0. The molecule has 0 aliphatic carbocycles. The van der Waals surface area contributed by atoms with Crippen molar-refractivity contribution in [1.29, 1.82) is 0 Å². The summed E-state index contributed by atoms with van der Waals surface area (Å²) >= 11 is 0. The van der Waals surface area contributed by atoms with Gasteiger partial charge in [-0.15, -0.1) is 0 Å². The summed E-state index contributed by atoms with van der Waals surface area (Å²) in [6.07, 6.45) is 2.59. The third-order valence-corrected chi connectivity index (χ3v) is 3.04. The SMILES string of the molecule is NC(=O)C1CCN(C(=O)C2=COCCO2)CC1. The van der Waals surface area contributed by atoms with E-state index >= 15 is 0 Å². The second-order valence-electron chi connectivity index (χ2n) is 4.17. The topological polar surface area (TPSA) is 81.9 Å². The number of amides is 2. The molecule has 2 heterocycles. The predicted molar refractivity (Wildman–Crippen MR) is 58.5 cm³/mol. The standard InChI is InChI=1S/C11H16N2O4/c12-10(14)8-1-3-13(4-2-8)11(15)9-7-16-5-6-17-9/h7-8H,1-6H2,(H2,12,14). The van der Waals surface area contributed by atoms with Crippen LogP contribution in [0.3, 0.4) is 0 Å². The molecule has 1 saturated heterocycles. The minimum Gasteiger partial charge on any atom is -0.494 e. The van der Waals surface area contributed by atoms with E-state index in [-0.39, 0.29) is 23.5 Å². The van der Waals surface area contributed by atoms with Crippen LogP contribution in [0.15, 0.2) is 12.0 Å². The van der Waals surface area contributed by atoms with Crippen LogP contribution in [-0.2, 0) is 19.1 Å². The van der Waals surface area contributed by atoms with E-state index < -0.39 is 0 Å². The number of primary amides is 1. The molecule has 0 aromatic carbocycles. The van der Waals surface area contributed by atoms with Crippen molar-refractivity contribution in [3.05, 3.63) is 12.0 Å². The fourth-order valence-electron chi connectivity index (χ4n) is 2.00. The van der Waals surface area contributed by atoms with Crippen LogP contribution in [0.5, 0.6) is 0 Å². The van der Waals surface area contributed by atoms with Crippen LogP contribution in [-0.4, -0.2) is 43.0 Å². The van der Waals surface area contributed by atoms with Crippen molar-refractivity contribution in [2.24, 2.45) is 11.7 Å². The zero-order valence-corrected chi connectivity index (χ0v) is 9.55. The second kappa shape index (κ2) is 5.07. The molecule has 2 rings (SSSR count). The first-order valence-electron chi connectivity index (χ1n) is 5.71. The van der Waals surface area contributed by atoms with Gasteiger partial charge in [-0.1, -0.05) is 0 Å². The lowest BCUT2D eigenvalue weighted by Crippen LogP contribution is -2.43. The van der Waals surface area contributed by atoms with E-state index in [0.717, 1.165) is 0 Å². The summed E-state index contributed by atoms with van der Waals surface area (Å²) in [7, 11) is 0. The summed E-state index contributed by atoms with van der Waals surface area (Å²) < 4.78 is 10.3. The number of likely N-dealkylation sites (tertiary alicyclic amines) is 1. The summed E-state index contributed by atoms with van der Waals surface area (Å²) in [5.74, 6) is -0.327. The molecule has 2 aliphatic heterocycles. The van der Waals surface area contributed by atoms with Gasteiger partial charge in [-0.3, -0.25) is 9.59 Å². The predicted octanol–water partition coefficient (Wildman–Crippen LogP) is -0.402. The van der Waals surface area contributed by atoms with Gasteiger partial charge < -0.3 is 20.1 Å². The first-order chi connectivity index (χ1) is 8.18. The highest BCUT2D eigenvalue weighted by molar-refractivity contribution is 5.91. The normalized spacial score (nSPS) is 21.2. The fourth-order valence-corrected chi connectivity index (χ4v) is 2.00. The van der Waals surface area contributed by atoms with Crippen molar-refractivity contribution in [2.75, 3.05) is 26.3 Å². The van der Waals surface area contributed by atoms with Gasteiger partial charge in [-0.2, -0.15) is 0 Å². The van der Waals surface area contributed by atoms with Crippen molar-refractivity contribution in [3.8, 4) is 0 Å². The minimum atomic E-state index is -0.284. The Morgan fingerprint density at radius 3 is 2.53 bits per heavy atom. The number of nitrogens with zero attached hydrogens (tertiary/aromatic N) is 1. The molecule has 17 heavy (non-hydrogen) atoms. The molecule has 0 spiro atoms. The molecule has 2 amide bonds. The van der Waals surface area contributed by atoms with Crippen LogP contribution < -0.4 is 5.73 Å². The zero-order valence-electron chi connectivity index (χ0n) is 9.55. The van der Waals surface area contributed by atoms with E-state index in [0.29, 0.717) is 39.1 Å². The van der Waals surface area contributed by atoms with Crippen LogP contribution in [0.1, 0.15) is 12.8 Å². The Morgan fingerprint density at radius 1 is 1.29 bits per heavy atom. The van der Waals surface area contributed by atoms with Crippen LogP contribution >= 0.6 is 0 Å². The van der Waals surface area contributed by atoms with Gasteiger partial charge in [-0.25, -0.2) is 0 Å². The molecule has 0 saturated carbocycles. The quantitative estimate of drug-likeness (QED) is 0.712. The molecular formula is C11H16N2O4. The monoisotopic (exact) mass is 240 g/mol. The average Bonchev–Trinajstić information content (AvgIpc) is 2.39. The summed E-state index contributed by atoms with van der Waals surface area (Å²) in [6, 6.07) is 0. The zero-order chi connectivity index (χ0) is 12.3. The smallest absolute Gasteiger partial charge is 0.292 e. The number of piperidine rings is 1. The summed E-state index contributed by atoms with van der Waals surface area (Å²) in [6.45, 7) is 1.94. The molecule has 0 unspecified atom stereocenters. The van der Waals surface area contributed by atoms with Crippen molar-refractivity contribution in [2.45, 2.75) is 12.8 Å². The van der Waals surface area contributed by atoms with Crippen LogP contribution in [0.2, 0.25) is 0 Å². The molecule has 6 nitrogen and oxygen atoms in total. The molecule has 0 bridgehead atoms. The Kier molecular flexibility index (Phi) is 3.51. The van der Waals surface area contributed by atoms with Crippen LogP contribution in [0.25, 0.3) is 0 Å². The molecule has 1 fully saturated rings. The highest BCUT2D eigenvalue weighted by Crippen LogP contribution is 2.19. The van der Waals surface area contributed by atoms with Crippen LogP contribution in [0.4, 0.5) is 0 Å². The average molecular weight is 240 g/mol. The Hall–Kier alpha value is -1.72. The van der Waals surface area contributed by atoms with Crippen molar-refractivity contribution in [3.63, 3.8) is 0 Å². The van der Waals surface area contributed by atoms with E-state index in [1.807, 2.05) is 0 Å². The molecular weight excluding hydrogens is 224 g/mol. The fraction of sp³-hybridized carbons (Fsp3) is 0.636. The Bertz CT molecular complexity index is 345. The number of ether oxygens (including phenoxy) is 2. The van der Waals surface area contributed by atoms with Gasteiger partial charge in [0.2, 0.25) is 11.7 Å². The Balaban J connectivity index is 1.90. The second-order valence-corrected chi connectivity index (χ2v) is 4.17. The van der Waals surface area contributed by atoms with Gasteiger partial charge in [-0.05, 0) is 12.8 Å². The maximum atomic E-state index is 12.0. The van der Waals surface area contributed by atoms with Crippen molar-refractivity contribution < 1.29 is 19.1 Å². The molecule has 0 radical (unpaired) electrons. The van der Waals surface area contributed by atoms with Gasteiger partial charge in [0.1, 0.15) is 19.5 Å². The number of nitrogens with two attached hydrogens (primary N) is 1. The number of rotatable bonds is 2. The van der Waals surface area contributed by atoms with Gasteiger partial charge >= 0.3 is 0 Å². The molecule has 6 heteroatoms. The Morgan fingerprint density at radius 2 is 2.00 bits per heavy atom. The number of hydrogen-bond donors (Lipinski definition) is 1. The number of carbonyl (C=O) groups is 2. The summed E-state index contributed by atoms with van der Waals surface area (Å²) in [5.41, 5.74) is 5.23. The minimum absolute atomic E-state index is 0.114. The highest BCUT2D eigenvalue weighted by atomic mass is 16.6. The van der Waals surface area contributed by atoms with Crippen molar-refractivity contribution >= 4 is 11.8 Å². The molecule has 0 aromatic heterocycles. The summed E-state index contributed by atoms with van der Waals surface area (Å²) in [5, 5.41) is 0. The number of carbonyl (C=O) groups excluding carboxylic acids is 2. The third-order valence-electron chi connectivity index (χ3n) is 3.04. The van der Waals surface area contributed by atoms with Gasteiger partial charge in [0, 0.05) is 19.0 Å². The van der Waals surface area contributed by atoms with Crippen molar-refractivity contribution in [1.82, 2.24) is 4.90 Å².